The molecule has 0 bridgehead atoms. The van der Waals surface area contributed by atoms with Crippen LogP contribution in [0, 0.1) is 0 Å². The molecule has 1 atom stereocenters. The summed E-state index contributed by atoms with van der Waals surface area (Å²) in [6.07, 6.45) is 2.45. The molecular formula is C15H25N3O2S. The van der Waals surface area contributed by atoms with Crippen molar-refractivity contribution in [3.63, 3.8) is 0 Å². The third kappa shape index (κ3) is 5.07. The van der Waals surface area contributed by atoms with Crippen LogP contribution in [0.3, 0.4) is 0 Å². The van der Waals surface area contributed by atoms with Gasteiger partial charge in [0.1, 0.15) is 0 Å². The quantitative estimate of drug-likeness (QED) is 0.756. The summed E-state index contributed by atoms with van der Waals surface area (Å²) in [6.45, 7) is 3.11. The molecule has 118 valence electrons. The van der Waals surface area contributed by atoms with Gasteiger partial charge in [0.05, 0.1) is 4.90 Å². The predicted molar refractivity (Wildman–Crippen MR) is 84.6 cm³/mol. The van der Waals surface area contributed by atoms with Crippen LogP contribution in [0.25, 0.3) is 0 Å². The highest BCUT2D eigenvalue weighted by atomic mass is 32.2. The van der Waals surface area contributed by atoms with E-state index >= 15 is 0 Å². The molecule has 1 unspecified atom stereocenters. The van der Waals surface area contributed by atoms with E-state index in [0.717, 1.165) is 12.1 Å². The van der Waals surface area contributed by atoms with E-state index in [2.05, 4.69) is 10.0 Å². The molecule has 21 heavy (non-hydrogen) atoms. The molecule has 2 rings (SSSR count). The van der Waals surface area contributed by atoms with Crippen LogP contribution in [0.4, 0.5) is 0 Å². The number of hydrogen-bond donors (Lipinski definition) is 2. The first-order valence-corrected chi connectivity index (χ1v) is 8.85. The van der Waals surface area contributed by atoms with Crippen molar-refractivity contribution < 1.29 is 8.42 Å². The fourth-order valence-corrected chi connectivity index (χ4v) is 3.06. The van der Waals surface area contributed by atoms with Crippen molar-refractivity contribution in [2.24, 2.45) is 0 Å². The smallest absolute Gasteiger partial charge is 0.240 e. The Morgan fingerprint density at radius 2 is 2.05 bits per heavy atom. The Kier molecular flexibility index (Phi) is 5.37. The largest absolute Gasteiger partial charge is 0.310 e. The van der Waals surface area contributed by atoms with Gasteiger partial charge in [-0.1, -0.05) is 12.1 Å². The molecule has 6 heteroatoms. The van der Waals surface area contributed by atoms with Gasteiger partial charge in [0, 0.05) is 25.2 Å². The minimum Gasteiger partial charge on any atom is -0.310 e. The van der Waals surface area contributed by atoms with Crippen molar-refractivity contribution in [3.8, 4) is 0 Å². The lowest BCUT2D eigenvalue weighted by atomic mass is 10.2. The van der Waals surface area contributed by atoms with Crippen molar-refractivity contribution in [1.29, 1.82) is 0 Å². The lowest BCUT2D eigenvalue weighted by Gasteiger charge is -2.20. The Morgan fingerprint density at radius 3 is 2.67 bits per heavy atom. The third-order valence-corrected chi connectivity index (χ3v) is 5.25. The van der Waals surface area contributed by atoms with Crippen molar-refractivity contribution in [1.82, 2.24) is 14.9 Å². The minimum absolute atomic E-state index is 0.152. The van der Waals surface area contributed by atoms with Gasteiger partial charge < -0.3 is 10.2 Å². The maximum Gasteiger partial charge on any atom is 0.240 e. The Balaban J connectivity index is 1.99. The van der Waals surface area contributed by atoms with Crippen molar-refractivity contribution in [2.45, 2.75) is 43.3 Å². The molecule has 1 fully saturated rings. The highest BCUT2D eigenvalue weighted by molar-refractivity contribution is 7.89. The monoisotopic (exact) mass is 311 g/mol. The molecule has 0 amide bonds. The molecule has 1 aromatic carbocycles. The fourth-order valence-electron chi connectivity index (χ4n) is 1.87. The molecule has 0 aromatic heterocycles. The summed E-state index contributed by atoms with van der Waals surface area (Å²) in [7, 11) is 0.429. The summed E-state index contributed by atoms with van der Waals surface area (Å²) in [5, 5.41) is 3.39. The summed E-state index contributed by atoms with van der Waals surface area (Å²) >= 11 is 0. The van der Waals surface area contributed by atoms with Gasteiger partial charge >= 0.3 is 0 Å². The number of hydrogen-bond acceptors (Lipinski definition) is 4. The molecule has 1 saturated carbocycles. The van der Waals surface area contributed by atoms with Crippen LogP contribution in [-0.2, 0) is 16.6 Å². The molecular weight excluding hydrogens is 286 g/mol. The van der Waals surface area contributed by atoms with Gasteiger partial charge in [0.15, 0.2) is 0 Å². The third-order valence-electron chi connectivity index (χ3n) is 3.83. The Hall–Kier alpha value is -0.950. The summed E-state index contributed by atoms with van der Waals surface area (Å²) in [5.74, 6) is 0. The van der Waals surface area contributed by atoms with Crippen LogP contribution in [0.2, 0.25) is 0 Å². The van der Waals surface area contributed by atoms with Crippen LogP contribution in [0.15, 0.2) is 29.2 Å². The standard InChI is InChI=1S/C15H25N3O2S/c1-12(18(2)3)10-17-21(19,20)15-6-4-5-13(9-15)11-16-14-7-8-14/h4-6,9,12,14,16-17H,7-8,10-11H2,1-3H3. The van der Waals surface area contributed by atoms with Crippen LogP contribution >= 0.6 is 0 Å². The Morgan fingerprint density at radius 1 is 1.33 bits per heavy atom. The van der Waals surface area contributed by atoms with Gasteiger partial charge in [0.2, 0.25) is 10.0 Å². The number of nitrogens with zero attached hydrogens (tertiary/aromatic N) is 1. The Bertz CT molecular complexity index is 568. The normalized spacial score (nSPS) is 17.1. The summed E-state index contributed by atoms with van der Waals surface area (Å²) in [5.41, 5.74) is 1.01. The van der Waals surface area contributed by atoms with Gasteiger partial charge in [0.25, 0.3) is 0 Å². The zero-order valence-electron chi connectivity index (χ0n) is 13.0. The van der Waals surface area contributed by atoms with Crippen LogP contribution in [0.1, 0.15) is 25.3 Å². The summed E-state index contributed by atoms with van der Waals surface area (Å²) in [4.78, 5) is 2.32. The number of benzene rings is 1. The van der Waals surface area contributed by atoms with Gasteiger partial charge in [-0.3, -0.25) is 0 Å². The van der Waals surface area contributed by atoms with E-state index in [1.54, 1.807) is 18.2 Å². The van der Waals surface area contributed by atoms with E-state index in [1.165, 1.54) is 12.8 Å². The molecule has 2 N–H and O–H groups in total. The molecule has 1 aliphatic carbocycles. The fraction of sp³-hybridized carbons (Fsp3) is 0.600. The van der Waals surface area contributed by atoms with E-state index in [0.29, 0.717) is 17.5 Å². The lowest BCUT2D eigenvalue weighted by molar-refractivity contribution is 0.314. The lowest BCUT2D eigenvalue weighted by Crippen LogP contribution is -2.38. The Labute approximate surface area is 127 Å². The zero-order valence-corrected chi connectivity index (χ0v) is 13.8. The molecule has 5 nitrogen and oxygen atoms in total. The van der Waals surface area contributed by atoms with Crippen molar-refractivity contribution in [3.05, 3.63) is 29.8 Å². The maximum absolute atomic E-state index is 12.3. The van der Waals surface area contributed by atoms with Gasteiger partial charge in [-0.25, -0.2) is 13.1 Å². The number of sulfonamides is 1. The van der Waals surface area contributed by atoms with Crippen molar-refractivity contribution in [2.75, 3.05) is 20.6 Å². The van der Waals surface area contributed by atoms with Crippen molar-refractivity contribution >= 4 is 10.0 Å². The van der Waals surface area contributed by atoms with E-state index in [4.69, 9.17) is 0 Å². The molecule has 0 heterocycles. The summed E-state index contributed by atoms with van der Waals surface area (Å²) < 4.78 is 27.3. The highest BCUT2D eigenvalue weighted by Crippen LogP contribution is 2.20. The van der Waals surface area contributed by atoms with E-state index in [-0.39, 0.29) is 6.04 Å². The predicted octanol–water partition coefficient (Wildman–Crippen LogP) is 1.17. The average Bonchev–Trinajstić information content (AvgIpc) is 3.27. The van der Waals surface area contributed by atoms with Gasteiger partial charge in [-0.15, -0.1) is 0 Å². The van der Waals surface area contributed by atoms with Gasteiger partial charge in [-0.2, -0.15) is 0 Å². The molecule has 1 aromatic rings. The molecule has 0 spiro atoms. The molecule has 0 saturated heterocycles. The molecule has 1 aliphatic rings. The molecule has 0 aliphatic heterocycles. The first-order valence-electron chi connectivity index (χ1n) is 7.37. The SMILES string of the molecule is CC(CNS(=O)(=O)c1cccc(CNC2CC2)c1)N(C)C. The van der Waals surface area contributed by atoms with Crippen LogP contribution in [-0.4, -0.2) is 46.0 Å². The van der Waals surface area contributed by atoms with Crippen LogP contribution in [0.5, 0.6) is 0 Å². The number of nitrogens with one attached hydrogen (secondary N) is 2. The topological polar surface area (TPSA) is 61.4 Å². The molecule has 0 radical (unpaired) electrons. The second-order valence-electron chi connectivity index (χ2n) is 5.97. The zero-order chi connectivity index (χ0) is 15.5. The first kappa shape index (κ1) is 16.4. The maximum atomic E-state index is 12.3. The van der Waals surface area contributed by atoms with Crippen LogP contribution < -0.4 is 10.0 Å². The first-order chi connectivity index (χ1) is 9.88. The minimum atomic E-state index is -3.44. The van der Waals surface area contributed by atoms with E-state index in [1.807, 2.05) is 32.0 Å². The highest BCUT2D eigenvalue weighted by Gasteiger charge is 2.20. The van der Waals surface area contributed by atoms with E-state index < -0.39 is 10.0 Å². The number of likely N-dealkylation sites (N-methyl/N-ethyl adjacent to an activating group) is 1. The van der Waals surface area contributed by atoms with E-state index in [9.17, 15) is 8.42 Å². The second-order valence-corrected chi connectivity index (χ2v) is 7.73. The number of rotatable bonds is 8. The van der Waals surface area contributed by atoms with Gasteiger partial charge in [-0.05, 0) is 51.6 Å². The summed E-state index contributed by atoms with van der Waals surface area (Å²) in [6, 6.07) is 7.91. The second kappa shape index (κ2) is 6.87. The average molecular weight is 311 g/mol.